The first kappa shape index (κ1) is 17.9. The summed E-state index contributed by atoms with van der Waals surface area (Å²) in [5.41, 5.74) is 1.91. The molecule has 2 aromatic rings. The topological polar surface area (TPSA) is 75.9 Å². The average Bonchev–Trinajstić information content (AvgIpc) is 2.67. The Bertz CT molecular complexity index is 808. The Balaban J connectivity index is 1.88. The summed E-state index contributed by atoms with van der Waals surface area (Å²) < 4.78 is 5.81. The molecule has 1 aliphatic rings. The van der Waals surface area contributed by atoms with Crippen LogP contribution in [0.2, 0.25) is 0 Å². The highest BCUT2D eigenvalue weighted by Gasteiger charge is 2.28. The molecule has 1 saturated heterocycles. The molecular weight excluding hydrogens is 334 g/mol. The summed E-state index contributed by atoms with van der Waals surface area (Å²) in [4.78, 5) is 27.2. The van der Waals surface area contributed by atoms with E-state index in [2.05, 4.69) is 0 Å². The summed E-state index contributed by atoms with van der Waals surface area (Å²) in [6, 6.07) is 14.1. The predicted octanol–water partition coefficient (Wildman–Crippen LogP) is 2.87. The van der Waals surface area contributed by atoms with Crippen molar-refractivity contribution in [1.29, 1.82) is 0 Å². The van der Waals surface area contributed by atoms with Gasteiger partial charge in [0.25, 0.3) is 11.6 Å². The van der Waals surface area contributed by atoms with Gasteiger partial charge >= 0.3 is 0 Å². The SMILES string of the molecule is CN(C)c1ccc([N+](=O)[O-])cc1C(=O)N1CCOC(c2ccccc2)C1. The minimum atomic E-state index is -0.484. The molecular formula is C19H21N3O4. The molecule has 3 rings (SSSR count). The number of nitro benzene ring substituents is 1. The average molecular weight is 355 g/mol. The fourth-order valence-electron chi connectivity index (χ4n) is 3.07. The Morgan fingerprint density at radius 3 is 2.62 bits per heavy atom. The zero-order valence-corrected chi connectivity index (χ0v) is 14.8. The van der Waals surface area contributed by atoms with Crippen LogP contribution in [-0.2, 0) is 4.74 Å². The van der Waals surface area contributed by atoms with Gasteiger partial charge in [-0.15, -0.1) is 0 Å². The van der Waals surface area contributed by atoms with Crippen LogP contribution in [0.1, 0.15) is 22.0 Å². The maximum Gasteiger partial charge on any atom is 0.270 e. The van der Waals surface area contributed by atoms with E-state index in [-0.39, 0.29) is 17.7 Å². The Morgan fingerprint density at radius 1 is 1.23 bits per heavy atom. The predicted molar refractivity (Wildman–Crippen MR) is 98.5 cm³/mol. The van der Waals surface area contributed by atoms with Crippen LogP contribution in [-0.4, -0.2) is 49.5 Å². The molecule has 0 spiro atoms. The zero-order valence-electron chi connectivity index (χ0n) is 14.8. The molecule has 2 aromatic carbocycles. The summed E-state index contributed by atoms with van der Waals surface area (Å²) in [6.07, 6.45) is -0.199. The Hall–Kier alpha value is -2.93. The molecule has 1 aliphatic heterocycles. The zero-order chi connectivity index (χ0) is 18.7. The van der Waals surface area contributed by atoms with E-state index in [4.69, 9.17) is 4.74 Å². The van der Waals surface area contributed by atoms with Gasteiger partial charge in [-0.25, -0.2) is 0 Å². The molecule has 26 heavy (non-hydrogen) atoms. The molecule has 1 unspecified atom stereocenters. The first-order valence-electron chi connectivity index (χ1n) is 8.39. The normalized spacial score (nSPS) is 17.0. The quantitative estimate of drug-likeness (QED) is 0.623. The fourth-order valence-corrected chi connectivity index (χ4v) is 3.07. The number of rotatable bonds is 4. The van der Waals surface area contributed by atoms with E-state index in [1.165, 1.54) is 12.1 Å². The summed E-state index contributed by atoms with van der Waals surface area (Å²) in [7, 11) is 3.62. The molecule has 1 amide bonds. The Labute approximate surface area is 151 Å². The molecule has 1 heterocycles. The molecule has 0 aliphatic carbocycles. The van der Waals surface area contributed by atoms with Crippen molar-refractivity contribution < 1.29 is 14.5 Å². The molecule has 136 valence electrons. The monoisotopic (exact) mass is 355 g/mol. The van der Waals surface area contributed by atoms with Crippen molar-refractivity contribution in [2.45, 2.75) is 6.10 Å². The molecule has 7 heteroatoms. The third-order valence-electron chi connectivity index (χ3n) is 4.43. The number of benzene rings is 2. The number of carbonyl (C=O) groups is 1. The molecule has 0 aromatic heterocycles. The highest BCUT2D eigenvalue weighted by Crippen LogP contribution is 2.28. The first-order chi connectivity index (χ1) is 12.5. The molecule has 0 saturated carbocycles. The van der Waals surface area contributed by atoms with Gasteiger partial charge in [-0.2, -0.15) is 0 Å². The number of ether oxygens (including phenoxy) is 1. The van der Waals surface area contributed by atoms with E-state index in [0.717, 1.165) is 5.56 Å². The lowest BCUT2D eigenvalue weighted by molar-refractivity contribution is -0.384. The smallest absolute Gasteiger partial charge is 0.270 e. The van der Waals surface area contributed by atoms with Gasteiger partial charge in [-0.1, -0.05) is 30.3 Å². The second-order valence-electron chi connectivity index (χ2n) is 6.37. The van der Waals surface area contributed by atoms with Crippen molar-refractivity contribution >= 4 is 17.3 Å². The first-order valence-corrected chi connectivity index (χ1v) is 8.39. The second kappa shape index (κ2) is 7.53. The van der Waals surface area contributed by atoms with Crippen LogP contribution < -0.4 is 4.90 Å². The molecule has 1 atom stereocenters. The summed E-state index contributed by atoms with van der Waals surface area (Å²) in [6.45, 7) is 1.30. The van der Waals surface area contributed by atoms with Crippen LogP contribution in [0.4, 0.5) is 11.4 Å². The largest absolute Gasteiger partial charge is 0.377 e. The number of nitrogens with zero attached hydrogens (tertiary/aromatic N) is 3. The number of hydrogen-bond acceptors (Lipinski definition) is 5. The van der Waals surface area contributed by atoms with Crippen molar-refractivity contribution in [1.82, 2.24) is 4.90 Å². The van der Waals surface area contributed by atoms with E-state index in [1.807, 2.05) is 44.4 Å². The summed E-state index contributed by atoms with van der Waals surface area (Å²) in [5, 5.41) is 11.1. The number of non-ortho nitro benzene ring substituents is 1. The number of morpholine rings is 1. The fraction of sp³-hybridized carbons (Fsp3) is 0.316. The van der Waals surface area contributed by atoms with Crippen LogP contribution >= 0.6 is 0 Å². The molecule has 0 N–H and O–H groups in total. The second-order valence-corrected chi connectivity index (χ2v) is 6.37. The van der Waals surface area contributed by atoms with Gasteiger partial charge in [0.05, 0.1) is 23.6 Å². The minimum absolute atomic E-state index is 0.0909. The maximum atomic E-state index is 13.1. The van der Waals surface area contributed by atoms with Crippen LogP contribution in [0.5, 0.6) is 0 Å². The van der Waals surface area contributed by atoms with Gasteiger partial charge in [0.2, 0.25) is 0 Å². The van der Waals surface area contributed by atoms with E-state index >= 15 is 0 Å². The number of hydrogen-bond donors (Lipinski definition) is 0. The van der Waals surface area contributed by atoms with Gasteiger partial charge in [0.15, 0.2) is 0 Å². The highest BCUT2D eigenvalue weighted by molar-refractivity contribution is 6.00. The number of carbonyl (C=O) groups excluding carboxylic acids is 1. The number of amides is 1. The van der Waals surface area contributed by atoms with Gasteiger partial charge in [0.1, 0.15) is 6.10 Å². The van der Waals surface area contributed by atoms with E-state index in [0.29, 0.717) is 30.9 Å². The van der Waals surface area contributed by atoms with Crippen molar-refractivity contribution in [2.75, 3.05) is 38.7 Å². The van der Waals surface area contributed by atoms with Gasteiger partial charge in [-0.05, 0) is 11.6 Å². The lowest BCUT2D eigenvalue weighted by Gasteiger charge is -2.34. The van der Waals surface area contributed by atoms with Gasteiger partial charge < -0.3 is 14.5 Å². The molecule has 0 bridgehead atoms. The standard InChI is InChI=1S/C19H21N3O4/c1-20(2)17-9-8-15(22(24)25)12-16(17)19(23)21-10-11-26-18(13-21)14-6-4-3-5-7-14/h3-9,12,18H,10-11,13H2,1-2H3. The number of anilines is 1. The van der Waals surface area contributed by atoms with Crippen LogP contribution in [0.15, 0.2) is 48.5 Å². The minimum Gasteiger partial charge on any atom is -0.377 e. The van der Waals surface area contributed by atoms with E-state index in [9.17, 15) is 14.9 Å². The van der Waals surface area contributed by atoms with Crippen LogP contribution in [0.3, 0.4) is 0 Å². The Morgan fingerprint density at radius 2 is 1.96 bits per heavy atom. The van der Waals surface area contributed by atoms with Crippen molar-refractivity contribution in [2.24, 2.45) is 0 Å². The summed E-state index contributed by atoms with van der Waals surface area (Å²) in [5.74, 6) is -0.221. The van der Waals surface area contributed by atoms with Crippen LogP contribution in [0, 0.1) is 10.1 Å². The molecule has 7 nitrogen and oxygen atoms in total. The highest BCUT2D eigenvalue weighted by atomic mass is 16.6. The number of nitro groups is 1. The van der Waals surface area contributed by atoms with Gasteiger partial charge in [0, 0.05) is 38.5 Å². The van der Waals surface area contributed by atoms with Crippen molar-refractivity contribution in [3.8, 4) is 0 Å². The summed E-state index contributed by atoms with van der Waals surface area (Å²) >= 11 is 0. The lowest BCUT2D eigenvalue weighted by Crippen LogP contribution is -2.42. The lowest BCUT2D eigenvalue weighted by atomic mass is 10.1. The Kier molecular flexibility index (Phi) is 5.18. The molecule has 0 radical (unpaired) electrons. The third kappa shape index (κ3) is 3.67. The third-order valence-corrected chi connectivity index (χ3v) is 4.43. The molecule has 1 fully saturated rings. The van der Waals surface area contributed by atoms with Crippen molar-refractivity contribution in [3.05, 3.63) is 69.8 Å². The van der Waals surface area contributed by atoms with E-state index in [1.54, 1.807) is 15.9 Å². The van der Waals surface area contributed by atoms with Crippen LogP contribution in [0.25, 0.3) is 0 Å². The van der Waals surface area contributed by atoms with E-state index < -0.39 is 4.92 Å². The van der Waals surface area contributed by atoms with Gasteiger partial charge in [-0.3, -0.25) is 14.9 Å². The maximum absolute atomic E-state index is 13.1. The van der Waals surface area contributed by atoms with Crippen molar-refractivity contribution in [3.63, 3.8) is 0 Å².